The van der Waals surface area contributed by atoms with Crippen molar-refractivity contribution in [1.29, 1.82) is 0 Å². The van der Waals surface area contributed by atoms with Crippen LogP contribution in [0.25, 0.3) is 17.0 Å². The number of imidazole rings is 1. The number of hydrogen-bond donors (Lipinski definition) is 2. The molecule has 0 spiro atoms. The van der Waals surface area contributed by atoms with E-state index in [0.29, 0.717) is 11.6 Å². The maximum atomic E-state index is 11.5. The molecule has 6 nitrogen and oxygen atoms in total. The molecular formula is C12H10N4O2. The number of hydrogen-bond acceptors (Lipinski definition) is 4. The molecule has 3 N–H and O–H groups in total. The fraction of sp³-hybridized carbons (Fsp3) is 0. The largest absolute Gasteiger partial charge is 0.381 e. The molecule has 0 fully saturated rings. The van der Waals surface area contributed by atoms with Crippen LogP contribution >= 0.6 is 0 Å². The summed E-state index contributed by atoms with van der Waals surface area (Å²) in [6, 6.07) is 9.00. The molecule has 0 bridgehead atoms. The van der Waals surface area contributed by atoms with E-state index in [9.17, 15) is 4.79 Å². The highest BCUT2D eigenvalue weighted by Gasteiger charge is 2.07. The van der Waals surface area contributed by atoms with Gasteiger partial charge in [0.25, 0.3) is 0 Å². The first-order valence-electron chi connectivity index (χ1n) is 5.33. The summed E-state index contributed by atoms with van der Waals surface area (Å²) in [7, 11) is 0. The van der Waals surface area contributed by atoms with Crippen LogP contribution in [0.2, 0.25) is 0 Å². The first kappa shape index (κ1) is 10.4. The van der Waals surface area contributed by atoms with Crippen molar-refractivity contribution in [3.8, 4) is 17.0 Å². The SMILES string of the molecule is Nc1cc(-c2cccc(-n3cc[nH]c3=O)c2)on1. The Bertz CT molecular complexity index is 738. The molecule has 0 unspecified atom stereocenters. The van der Waals surface area contributed by atoms with Crippen LogP contribution < -0.4 is 11.4 Å². The van der Waals surface area contributed by atoms with Crippen molar-refractivity contribution in [2.24, 2.45) is 0 Å². The highest BCUT2D eigenvalue weighted by atomic mass is 16.5. The third-order valence-corrected chi connectivity index (χ3v) is 2.59. The second-order valence-corrected chi connectivity index (χ2v) is 3.80. The molecule has 0 radical (unpaired) electrons. The van der Waals surface area contributed by atoms with Gasteiger partial charge in [-0.1, -0.05) is 17.3 Å². The molecule has 0 aliphatic rings. The van der Waals surface area contributed by atoms with Crippen molar-refractivity contribution >= 4 is 5.82 Å². The average Bonchev–Trinajstić information content (AvgIpc) is 2.98. The Balaban J connectivity index is 2.10. The number of H-pyrrole nitrogens is 1. The van der Waals surface area contributed by atoms with Gasteiger partial charge in [0.15, 0.2) is 11.6 Å². The van der Waals surface area contributed by atoms with Gasteiger partial charge in [-0.25, -0.2) is 4.79 Å². The lowest BCUT2D eigenvalue weighted by Gasteiger charge is -2.02. The summed E-state index contributed by atoms with van der Waals surface area (Å²) in [5.41, 5.74) is 6.87. The van der Waals surface area contributed by atoms with E-state index in [1.807, 2.05) is 24.3 Å². The summed E-state index contributed by atoms with van der Waals surface area (Å²) in [5, 5.41) is 3.63. The second kappa shape index (κ2) is 3.92. The van der Waals surface area contributed by atoms with Crippen LogP contribution in [0, 0.1) is 0 Å². The first-order chi connectivity index (χ1) is 8.74. The molecule has 3 aromatic rings. The number of rotatable bonds is 2. The monoisotopic (exact) mass is 242 g/mol. The van der Waals surface area contributed by atoms with E-state index in [1.54, 1.807) is 18.5 Å². The van der Waals surface area contributed by atoms with Gasteiger partial charge in [-0.05, 0) is 12.1 Å². The number of nitrogens with two attached hydrogens (primary N) is 1. The van der Waals surface area contributed by atoms with Gasteiger partial charge in [-0.15, -0.1) is 0 Å². The third-order valence-electron chi connectivity index (χ3n) is 2.59. The van der Waals surface area contributed by atoms with Gasteiger partial charge in [0, 0.05) is 24.0 Å². The smallest absolute Gasteiger partial charge is 0.330 e. The van der Waals surface area contributed by atoms with Gasteiger partial charge in [-0.2, -0.15) is 0 Å². The zero-order valence-corrected chi connectivity index (χ0v) is 9.33. The zero-order chi connectivity index (χ0) is 12.5. The highest BCUT2D eigenvalue weighted by Crippen LogP contribution is 2.23. The fourth-order valence-corrected chi connectivity index (χ4v) is 1.76. The van der Waals surface area contributed by atoms with Crippen molar-refractivity contribution < 1.29 is 4.52 Å². The van der Waals surface area contributed by atoms with Gasteiger partial charge in [0.1, 0.15) is 0 Å². The molecule has 90 valence electrons. The molecular weight excluding hydrogens is 232 g/mol. The minimum absolute atomic E-state index is 0.191. The standard InChI is InChI=1S/C12H10N4O2/c13-11-7-10(18-15-11)8-2-1-3-9(6-8)16-5-4-14-12(16)17/h1-7H,(H2,13,15)(H,14,17). The third kappa shape index (κ3) is 1.69. The van der Waals surface area contributed by atoms with E-state index in [0.717, 1.165) is 11.3 Å². The highest BCUT2D eigenvalue weighted by molar-refractivity contribution is 5.62. The Kier molecular flexibility index (Phi) is 2.26. The number of benzene rings is 1. The number of aromatic amines is 1. The van der Waals surface area contributed by atoms with Crippen molar-refractivity contribution in [1.82, 2.24) is 14.7 Å². The molecule has 0 aliphatic carbocycles. The Morgan fingerprint density at radius 3 is 2.89 bits per heavy atom. The first-order valence-corrected chi connectivity index (χ1v) is 5.33. The Labute approximate surface area is 102 Å². The molecule has 0 aliphatic heterocycles. The van der Waals surface area contributed by atoms with Crippen molar-refractivity contribution in [2.75, 3.05) is 5.73 Å². The zero-order valence-electron chi connectivity index (χ0n) is 9.33. The van der Waals surface area contributed by atoms with E-state index in [1.165, 1.54) is 4.57 Å². The fourth-order valence-electron chi connectivity index (χ4n) is 1.76. The van der Waals surface area contributed by atoms with E-state index >= 15 is 0 Å². The summed E-state index contributed by atoms with van der Waals surface area (Å²) < 4.78 is 6.59. The van der Waals surface area contributed by atoms with Crippen LogP contribution in [-0.4, -0.2) is 14.7 Å². The van der Waals surface area contributed by atoms with Crippen LogP contribution in [0.1, 0.15) is 0 Å². The lowest BCUT2D eigenvalue weighted by atomic mass is 10.1. The molecule has 0 saturated carbocycles. The average molecular weight is 242 g/mol. The quantitative estimate of drug-likeness (QED) is 0.710. The van der Waals surface area contributed by atoms with Crippen molar-refractivity contribution in [3.05, 3.63) is 53.2 Å². The van der Waals surface area contributed by atoms with E-state index in [-0.39, 0.29) is 5.69 Å². The van der Waals surface area contributed by atoms with Gasteiger partial charge in [0.05, 0.1) is 5.69 Å². The topological polar surface area (TPSA) is 89.8 Å². The van der Waals surface area contributed by atoms with Crippen molar-refractivity contribution in [3.63, 3.8) is 0 Å². The van der Waals surface area contributed by atoms with Gasteiger partial charge < -0.3 is 15.2 Å². The molecule has 18 heavy (non-hydrogen) atoms. The van der Waals surface area contributed by atoms with E-state index in [2.05, 4.69) is 10.1 Å². The maximum Gasteiger partial charge on any atom is 0.330 e. The molecule has 0 amide bonds. The molecule has 2 heterocycles. The van der Waals surface area contributed by atoms with Gasteiger partial charge in [0.2, 0.25) is 0 Å². The van der Waals surface area contributed by atoms with E-state index in [4.69, 9.17) is 10.3 Å². The number of nitrogens with one attached hydrogen (secondary N) is 1. The van der Waals surface area contributed by atoms with Crippen molar-refractivity contribution in [2.45, 2.75) is 0 Å². The minimum atomic E-state index is -0.191. The summed E-state index contributed by atoms with van der Waals surface area (Å²) in [6.07, 6.45) is 3.25. The normalized spacial score (nSPS) is 10.7. The Morgan fingerprint density at radius 1 is 1.33 bits per heavy atom. The minimum Gasteiger partial charge on any atom is -0.381 e. The van der Waals surface area contributed by atoms with E-state index < -0.39 is 0 Å². The number of anilines is 1. The van der Waals surface area contributed by atoms with Crippen LogP contribution in [0.3, 0.4) is 0 Å². The predicted molar refractivity (Wildman–Crippen MR) is 66.3 cm³/mol. The van der Waals surface area contributed by atoms with Gasteiger partial charge in [-0.3, -0.25) is 4.57 Å². The molecule has 3 rings (SSSR count). The summed E-state index contributed by atoms with van der Waals surface area (Å²) >= 11 is 0. The molecule has 0 saturated heterocycles. The Hall–Kier alpha value is -2.76. The Morgan fingerprint density at radius 2 is 2.22 bits per heavy atom. The second-order valence-electron chi connectivity index (χ2n) is 3.80. The number of nitrogen functional groups attached to an aromatic ring is 1. The van der Waals surface area contributed by atoms with Crippen LogP contribution in [-0.2, 0) is 0 Å². The lowest BCUT2D eigenvalue weighted by molar-refractivity contribution is 0.436. The molecule has 6 heteroatoms. The summed E-state index contributed by atoms with van der Waals surface area (Å²) in [6.45, 7) is 0. The molecule has 0 atom stereocenters. The van der Waals surface area contributed by atoms with Crippen LogP contribution in [0.15, 0.2) is 52.0 Å². The molecule has 2 aromatic heterocycles. The van der Waals surface area contributed by atoms with Crippen LogP contribution in [0.4, 0.5) is 5.82 Å². The summed E-state index contributed by atoms with van der Waals surface area (Å²) in [5.74, 6) is 0.896. The van der Waals surface area contributed by atoms with Crippen LogP contribution in [0.5, 0.6) is 0 Å². The number of aromatic nitrogens is 3. The maximum absolute atomic E-state index is 11.5. The number of nitrogens with zero attached hydrogens (tertiary/aromatic N) is 2. The van der Waals surface area contributed by atoms with Gasteiger partial charge >= 0.3 is 5.69 Å². The predicted octanol–water partition coefficient (Wildman–Crippen LogP) is 1.40. The molecule has 1 aromatic carbocycles. The summed E-state index contributed by atoms with van der Waals surface area (Å²) in [4.78, 5) is 14.1. The lowest BCUT2D eigenvalue weighted by Crippen LogP contribution is -2.13.